The molecule has 78 valence electrons. The number of hydrogen-bond donors (Lipinski definition) is 1. The first-order chi connectivity index (χ1) is 6.79. The van der Waals surface area contributed by atoms with E-state index in [0.717, 1.165) is 19.5 Å². The Labute approximate surface area is 83.9 Å². The van der Waals surface area contributed by atoms with Crippen LogP contribution < -0.4 is 5.32 Å². The second-order valence-electron chi connectivity index (χ2n) is 3.04. The Morgan fingerprint density at radius 3 is 3.07 bits per heavy atom. The summed E-state index contributed by atoms with van der Waals surface area (Å²) in [5.41, 5.74) is 0.614. The quantitative estimate of drug-likeness (QED) is 0.561. The lowest BCUT2D eigenvalue weighted by atomic mass is 10.4. The van der Waals surface area contributed by atoms with Gasteiger partial charge < -0.3 is 14.6 Å². The molecule has 1 N–H and O–H groups in total. The molecule has 14 heavy (non-hydrogen) atoms. The molecule has 0 bridgehead atoms. The van der Waals surface area contributed by atoms with Crippen LogP contribution in [0.15, 0.2) is 18.3 Å². The Morgan fingerprint density at radius 1 is 1.64 bits per heavy atom. The number of nitrogens with one attached hydrogen (secondary N) is 1. The van der Waals surface area contributed by atoms with E-state index in [1.54, 1.807) is 6.07 Å². The van der Waals surface area contributed by atoms with Crippen molar-refractivity contribution >= 4 is 5.97 Å². The monoisotopic (exact) mass is 196 g/mol. The van der Waals surface area contributed by atoms with Gasteiger partial charge in [-0.05, 0) is 32.1 Å². The van der Waals surface area contributed by atoms with E-state index in [1.165, 1.54) is 7.11 Å². The molecule has 0 aliphatic heterocycles. The zero-order chi connectivity index (χ0) is 10.4. The van der Waals surface area contributed by atoms with Crippen LogP contribution in [0.25, 0.3) is 0 Å². The molecule has 0 aliphatic rings. The van der Waals surface area contributed by atoms with E-state index in [-0.39, 0.29) is 5.97 Å². The van der Waals surface area contributed by atoms with Gasteiger partial charge in [-0.1, -0.05) is 0 Å². The molecule has 0 saturated carbocycles. The van der Waals surface area contributed by atoms with Crippen molar-refractivity contribution in [1.29, 1.82) is 0 Å². The van der Waals surface area contributed by atoms with Crippen LogP contribution in [0, 0.1) is 0 Å². The van der Waals surface area contributed by atoms with Gasteiger partial charge in [0.05, 0.1) is 7.11 Å². The van der Waals surface area contributed by atoms with Gasteiger partial charge in [0.15, 0.2) is 0 Å². The van der Waals surface area contributed by atoms with Crippen LogP contribution in [0.1, 0.15) is 16.9 Å². The van der Waals surface area contributed by atoms with Gasteiger partial charge in [-0.15, -0.1) is 0 Å². The first-order valence-corrected chi connectivity index (χ1v) is 4.67. The van der Waals surface area contributed by atoms with E-state index in [4.69, 9.17) is 0 Å². The van der Waals surface area contributed by atoms with Gasteiger partial charge in [0, 0.05) is 12.7 Å². The van der Waals surface area contributed by atoms with Gasteiger partial charge in [0.1, 0.15) is 5.69 Å². The number of aromatic nitrogens is 1. The summed E-state index contributed by atoms with van der Waals surface area (Å²) < 4.78 is 6.57. The molecule has 0 spiro atoms. The molecule has 0 atom stereocenters. The van der Waals surface area contributed by atoms with Crippen molar-refractivity contribution in [3.05, 3.63) is 24.0 Å². The Bertz CT molecular complexity index is 294. The lowest BCUT2D eigenvalue weighted by Crippen LogP contribution is -2.14. The molecule has 0 radical (unpaired) electrons. The topological polar surface area (TPSA) is 43.3 Å². The summed E-state index contributed by atoms with van der Waals surface area (Å²) in [6, 6.07) is 3.62. The molecule has 0 aromatic carbocycles. The second-order valence-corrected chi connectivity index (χ2v) is 3.04. The van der Waals surface area contributed by atoms with Gasteiger partial charge in [0.25, 0.3) is 0 Å². The number of rotatable bonds is 5. The zero-order valence-corrected chi connectivity index (χ0v) is 8.62. The summed E-state index contributed by atoms with van der Waals surface area (Å²) in [5.74, 6) is -0.278. The minimum absolute atomic E-state index is 0.278. The maximum absolute atomic E-state index is 11.3. The fourth-order valence-electron chi connectivity index (χ4n) is 1.33. The van der Waals surface area contributed by atoms with Crippen molar-refractivity contribution in [2.45, 2.75) is 13.0 Å². The van der Waals surface area contributed by atoms with Crippen LogP contribution in [0.2, 0.25) is 0 Å². The smallest absolute Gasteiger partial charge is 0.354 e. The molecule has 1 aromatic rings. The SMILES string of the molecule is CNCCCn1cccc1C(=O)OC. The van der Waals surface area contributed by atoms with Crippen LogP contribution in [0.3, 0.4) is 0 Å². The van der Waals surface area contributed by atoms with Gasteiger partial charge in [0.2, 0.25) is 0 Å². The van der Waals surface area contributed by atoms with Gasteiger partial charge in [-0.2, -0.15) is 0 Å². The minimum Gasteiger partial charge on any atom is -0.464 e. The normalized spacial score (nSPS) is 10.1. The molecule has 4 nitrogen and oxygen atoms in total. The van der Waals surface area contributed by atoms with Gasteiger partial charge >= 0.3 is 5.97 Å². The predicted molar refractivity (Wildman–Crippen MR) is 54.3 cm³/mol. The number of methoxy groups -OCH3 is 1. The summed E-state index contributed by atoms with van der Waals surface area (Å²) >= 11 is 0. The first-order valence-electron chi connectivity index (χ1n) is 4.67. The number of ether oxygens (including phenoxy) is 1. The minimum atomic E-state index is -0.278. The molecular weight excluding hydrogens is 180 g/mol. The number of esters is 1. The lowest BCUT2D eigenvalue weighted by Gasteiger charge is -2.06. The Balaban J connectivity index is 2.58. The maximum atomic E-state index is 11.3. The maximum Gasteiger partial charge on any atom is 0.354 e. The fraction of sp³-hybridized carbons (Fsp3) is 0.500. The molecule has 0 aliphatic carbocycles. The highest BCUT2D eigenvalue weighted by molar-refractivity contribution is 5.87. The average Bonchev–Trinajstić information content (AvgIpc) is 2.65. The lowest BCUT2D eigenvalue weighted by molar-refractivity contribution is 0.0588. The Morgan fingerprint density at radius 2 is 2.43 bits per heavy atom. The third-order valence-corrected chi connectivity index (χ3v) is 2.05. The van der Waals surface area contributed by atoms with Crippen molar-refractivity contribution in [1.82, 2.24) is 9.88 Å². The van der Waals surface area contributed by atoms with E-state index in [9.17, 15) is 4.79 Å². The number of carbonyl (C=O) groups is 1. The molecule has 4 heteroatoms. The fourth-order valence-corrected chi connectivity index (χ4v) is 1.33. The first kappa shape index (κ1) is 10.8. The van der Waals surface area contributed by atoms with E-state index >= 15 is 0 Å². The largest absolute Gasteiger partial charge is 0.464 e. The summed E-state index contributed by atoms with van der Waals surface area (Å²) in [5, 5.41) is 3.06. The van der Waals surface area contributed by atoms with E-state index in [1.807, 2.05) is 23.9 Å². The molecule has 1 heterocycles. The molecule has 0 unspecified atom stereocenters. The highest BCUT2D eigenvalue weighted by Gasteiger charge is 2.09. The van der Waals surface area contributed by atoms with Crippen LogP contribution in [0.4, 0.5) is 0 Å². The van der Waals surface area contributed by atoms with Crippen LogP contribution >= 0.6 is 0 Å². The van der Waals surface area contributed by atoms with Crippen molar-refractivity contribution in [3.8, 4) is 0 Å². The van der Waals surface area contributed by atoms with Crippen molar-refractivity contribution in [2.24, 2.45) is 0 Å². The summed E-state index contributed by atoms with van der Waals surface area (Å²) in [6.45, 7) is 1.77. The van der Waals surface area contributed by atoms with Gasteiger partial charge in [-0.3, -0.25) is 0 Å². The van der Waals surface area contributed by atoms with Crippen LogP contribution in [-0.4, -0.2) is 31.2 Å². The molecule has 0 fully saturated rings. The Hall–Kier alpha value is -1.29. The highest BCUT2D eigenvalue weighted by Crippen LogP contribution is 2.04. The van der Waals surface area contributed by atoms with E-state index < -0.39 is 0 Å². The third kappa shape index (κ3) is 2.60. The van der Waals surface area contributed by atoms with E-state index in [0.29, 0.717) is 5.69 Å². The van der Waals surface area contributed by atoms with Crippen molar-refractivity contribution < 1.29 is 9.53 Å². The number of aryl methyl sites for hydroxylation is 1. The molecule has 0 saturated heterocycles. The van der Waals surface area contributed by atoms with Gasteiger partial charge in [-0.25, -0.2) is 4.79 Å². The molecule has 0 amide bonds. The summed E-state index contributed by atoms with van der Waals surface area (Å²) in [7, 11) is 3.31. The van der Waals surface area contributed by atoms with Crippen LogP contribution in [-0.2, 0) is 11.3 Å². The average molecular weight is 196 g/mol. The number of nitrogens with zero attached hydrogens (tertiary/aromatic N) is 1. The molecule has 1 aromatic heterocycles. The summed E-state index contributed by atoms with van der Waals surface area (Å²) in [6.07, 6.45) is 2.89. The molecular formula is C10H16N2O2. The number of hydrogen-bond acceptors (Lipinski definition) is 3. The Kier molecular flexibility index (Phi) is 4.19. The molecule has 1 rings (SSSR count). The number of carbonyl (C=O) groups excluding carboxylic acids is 1. The summed E-state index contributed by atoms with van der Waals surface area (Å²) in [4.78, 5) is 11.3. The van der Waals surface area contributed by atoms with Crippen molar-refractivity contribution in [3.63, 3.8) is 0 Å². The standard InChI is InChI=1S/C10H16N2O2/c1-11-6-4-8-12-7-3-5-9(12)10(13)14-2/h3,5,7,11H,4,6,8H2,1-2H3. The van der Waals surface area contributed by atoms with Crippen LogP contribution in [0.5, 0.6) is 0 Å². The highest BCUT2D eigenvalue weighted by atomic mass is 16.5. The third-order valence-electron chi connectivity index (χ3n) is 2.05. The van der Waals surface area contributed by atoms with E-state index in [2.05, 4.69) is 10.1 Å². The van der Waals surface area contributed by atoms with Crippen molar-refractivity contribution in [2.75, 3.05) is 20.7 Å². The predicted octanol–water partition coefficient (Wildman–Crippen LogP) is 0.884. The zero-order valence-electron chi connectivity index (χ0n) is 8.62. The second kappa shape index (κ2) is 5.44.